The zero-order chi connectivity index (χ0) is 22.1. The number of rotatable bonds is 7. The van der Waals surface area contributed by atoms with Gasteiger partial charge in [-0.25, -0.2) is 4.39 Å². The fourth-order valence-electron chi connectivity index (χ4n) is 5.36. The fraction of sp³-hybridized carbons (Fsp3) is 0.500. The Morgan fingerprint density at radius 1 is 1.16 bits per heavy atom. The second-order valence-corrected chi connectivity index (χ2v) is 8.50. The third kappa shape index (κ3) is 3.59. The van der Waals surface area contributed by atoms with Crippen LogP contribution in [-0.4, -0.2) is 46.2 Å². The van der Waals surface area contributed by atoms with Crippen LogP contribution in [0.25, 0.3) is 11.1 Å². The van der Waals surface area contributed by atoms with Gasteiger partial charge < -0.3 is 15.0 Å². The lowest BCUT2D eigenvalue weighted by molar-refractivity contribution is -0.127. The minimum Gasteiger partial charge on any atom is -0.396 e. The lowest BCUT2D eigenvalue weighted by Crippen LogP contribution is -2.48. The predicted octanol–water partition coefficient (Wildman–Crippen LogP) is 2.55. The highest BCUT2D eigenvalue weighted by Crippen LogP contribution is 2.49. The number of carbonyl (C=O) groups excluding carboxylic acids is 1. The Balaban J connectivity index is 1.75. The molecule has 0 radical (unpaired) electrons. The van der Waals surface area contributed by atoms with Crippen molar-refractivity contribution in [3.8, 4) is 11.1 Å². The van der Waals surface area contributed by atoms with Crippen molar-refractivity contribution in [2.45, 2.75) is 45.3 Å². The highest BCUT2D eigenvalue weighted by molar-refractivity contribution is 5.82. The van der Waals surface area contributed by atoms with E-state index in [1.54, 1.807) is 28.8 Å². The standard InChI is InChI=1S/C24H30FN3O3/c1-3-11-26-23(30)22-18(14-29)17-13-28-20(21(17)27(22)12-4-2)10-9-16(24(28)31)15-7-5-6-8-19(15)25/h5-10,17-18,21-22,29H,3-4,11-14H2,1-2H3,(H,26,30)/t17-,18-,21+,22-/m0/s1. The number of nitrogens with one attached hydrogen (secondary N) is 1. The highest BCUT2D eigenvalue weighted by Gasteiger charge is 2.55. The molecule has 0 bridgehead atoms. The van der Waals surface area contributed by atoms with Gasteiger partial charge in [0.1, 0.15) is 5.82 Å². The number of hydrogen-bond donors (Lipinski definition) is 2. The van der Waals surface area contributed by atoms with E-state index >= 15 is 0 Å². The van der Waals surface area contributed by atoms with Gasteiger partial charge in [0.05, 0.1) is 17.6 Å². The number of benzene rings is 1. The molecule has 0 spiro atoms. The van der Waals surface area contributed by atoms with Gasteiger partial charge in [0, 0.05) is 42.8 Å². The molecule has 1 saturated heterocycles. The number of aromatic nitrogens is 1. The number of fused-ring (bicyclic) bond motifs is 3. The molecule has 2 aliphatic rings. The van der Waals surface area contributed by atoms with Crippen molar-refractivity contribution >= 4 is 5.91 Å². The van der Waals surface area contributed by atoms with Crippen LogP contribution < -0.4 is 10.9 Å². The van der Waals surface area contributed by atoms with Crippen LogP contribution in [0, 0.1) is 17.7 Å². The molecule has 3 heterocycles. The molecule has 0 saturated carbocycles. The smallest absolute Gasteiger partial charge is 0.258 e. The Labute approximate surface area is 181 Å². The molecule has 1 fully saturated rings. The van der Waals surface area contributed by atoms with Gasteiger partial charge in [0.2, 0.25) is 5.91 Å². The average Bonchev–Trinajstić information content (AvgIpc) is 3.29. The molecule has 4 rings (SSSR count). The first-order valence-electron chi connectivity index (χ1n) is 11.2. The number of aliphatic hydroxyl groups is 1. The first kappa shape index (κ1) is 21.7. The molecule has 4 atom stereocenters. The highest BCUT2D eigenvalue weighted by atomic mass is 19.1. The average molecular weight is 428 g/mol. The van der Waals surface area contributed by atoms with Crippen LogP contribution in [0.5, 0.6) is 0 Å². The summed E-state index contributed by atoms with van der Waals surface area (Å²) in [6, 6.07) is 9.34. The summed E-state index contributed by atoms with van der Waals surface area (Å²) in [6.07, 6.45) is 1.70. The summed E-state index contributed by atoms with van der Waals surface area (Å²) in [6.45, 7) is 5.67. The molecular formula is C24H30FN3O3. The van der Waals surface area contributed by atoms with Crippen LogP contribution in [0.1, 0.15) is 38.4 Å². The minimum absolute atomic E-state index is 0.0440. The van der Waals surface area contributed by atoms with E-state index in [4.69, 9.17) is 0 Å². The molecule has 1 amide bonds. The number of nitrogens with zero attached hydrogens (tertiary/aromatic N) is 2. The zero-order valence-corrected chi connectivity index (χ0v) is 18.1. The van der Waals surface area contributed by atoms with Gasteiger partial charge in [0.15, 0.2) is 0 Å². The number of carbonyl (C=O) groups is 1. The van der Waals surface area contributed by atoms with Crippen LogP contribution in [0.4, 0.5) is 4.39 Å². The SMILES string of the molecule is CCCNC(=O)[C@@H]1[C@@H](CO)[C@@H]2Cn3c(ccc(-c4ccccc4F)c3=O)[C@@H]2N1CCC. The normalized spacial score (nSPS) is 24.8. The maximum atomic E-state index is 14.3. The van der Waals surface area contributed by atoms with Crippen LogP contribution in [0.3, 0.4) is 0 Å². The molecule has 2 N–H and O–H groups in total. The zero-order valence-electron chi connectivity index (χ0n) is 18.1. The largest absolute Gasteiger partial charge is 0.396 e. The van der Waals surface area contributed by atoms with Crippen molar-refractivity contribution < 1.29 is 14.3 Å². The van der Waals surface area contributed by atoms with Crippen molar-refractivity contribution in [2.75, 3.05) is 19.7 Å². The molecule has 7 heteroatoms. The number of aliphatic hydroxyl groups excluding tert-OH is 1. The van der Waals surface area contributed by atoms with Gasteiger partial charge in [-0.2, -0.15) is 0 Å². The van der Waals surface area contributed by atoms with Crippen LogP contribution in [-0.2, 0) is 11.3 Å². The number of amides is 1. The van der Waals surface area contributed by atoms with Gasteiger partial charge >= 0.3 is 0 Å². The molecule has 2 aliphatic heterocycles. The van der Waals surface area contributed by atoms with Gasteiger partial charge in [-0.3, -0.25) is 14.5 Å². The third-order valence-electron chi connectivity index (χ3n) is 6.65. The van der Waals surface area contributed by atoms with Gasteiger partial charge in [-0.1, -0.05) is 32.0 Å². The predicted molar refractivity (Wildman–Crippen MR) is 117 cm³/mol. The molecule has 2 aromatic rings. The summed E-state index contributed by atoms with van der Waals surface area (Å²) in [5.41, 5.74) is 1.24. The van der Waals surface area contributed by atoms with Crippen LogP contribution in [0.2, 0.25) is 0 Å². The Morgan fingerprint density at radius 3 is 2.61 bits per heavy atom. The summed E-state index contributed by atoms with van der Waals surface area (Å²) < 4.78 is 16.0. The van der Waals surface area contributed by atoms with Crippen LogP contribution in [0.15, 0.2) is 41.2 Å². The van der Waals surface area contributed by atoms with Crippen molar-refractivity contribution in [3.63, 3.8) is 0 Å². The first-order valence-corrected chi connectivity index (χ1v) is 11.2. The Morgan fingerprint density at radius 2 is 1.94 bits per heavy atom. The van der Waals surface area contributed by atoms with Gasteiger partial charge in [0.25, 0.3) is 5.56 Å². The summed E-state index contributed by atoms with van der Waals surface area (Å²) in [5, 5.41) is 13.2. The molecule has 6 nitrogen and oxygen atoms in total. The van der Waals surface area contributed by atoms with E-state index in [0.717, 1.165) is 18.5 Å². The van der Waals surface area contributed by atoms with Gasteiger partial charge in [-0.05, 0) is 37.6 Å². The topological polar surface area (TPSA) is 74.6 Å². The maximum Gasteiger partial charge on any atom is 0.258 e. The van der Waals surface area contributed by atoms with E-state index in [2.05, 4.69) is 17.1 Å². The van der Waals surface area contributed by atoms with E-state index in [1.807, 2.05) is 13.0 Å². The molecule has 0 unspecified atom stereocenters. The monoisotopic (exact) mass is 427 g/mol. The van der Waals surface area contributed by atoms with Crippen molar-refractivity contribution in [1.29, 1.82) is 0 Å². The van der Waals surface area contributed by atoms with E-state index in [0.29, 0.717) is 30.8 Å². The van der Waals surface area contributed by atoms with Crippen molar-refractivity contribution in [1.82, 2.24) is 14.8 Å². The molecular weight excluding hydrogens is 397 g/mol. The summed E-state index contributed by atoms with van der Waals surface area (Å²) >= 11 is 0. The molecule has 1 aromatic heterocycles. The lowest BCUT2D eigenvalue weighted by Gasteiger charge is -2.30. The quantitative estimate of drug-likeness (QED) is 0.712. The Hall–Kier alpha value is -2.51. The first-order chi connectivity index (χ1) is 15.0. The second kappa shape index (κ2) is 8.93. The van der Waals surface area contributed by atoms with E-state index in [9.17, 15) is 19.1 Å². The van der Waals surface area contributed by atoms with E-state index in [-0.39, 0.29) is 36.0 Å². The number of hydrogen-bond acceptors (Lipinski definition) is 4. The Kier molecular flexibility index (Phi) is 6.25. The second-order valence-electron chi connectivity index (χ2n) is 8.50. The van der Waals surface area contributed by atoms with E-state index < -0.39 is 11.9 Å². The summed E-state index contributed by atoms with van der Waals surface area (Å²) in [5.74, 6) is -0.783. The Bertz CT molecular complexity index is 1020. The minimum atomic E-state index is -0.424. The van der Waals surface area contributed by atoms with Crippen molar-refractivity contribution in [3.05, 3.63) is 58.3 Å². The summed E-state index contributed by atoms with van der Waals surface area (Å²) in [7, 11) is 0. The number of pyridine rings is 1. The third-order valence-corrected chi connectivity index (χ3v) is 6.65. The molecule has 1 aromatic carbocycles. The summed E-state index contributed by atoms with van der Waals surface area (Å²) in [4.78, 5) is 28.4. The maximum absolute atomic E-state index is 14.3. The lowest BCUT2D eigenvalue weighted by atomic mass is 9.88. The van der Waals surface area contributed by atoms with E-state index in [1.165, 1.54) is 6.07 Å². The molecule has 166 valence electrons. The molecule has 31 heavy (non-hydrogen) atoms. The fourth-order valence-corrected chi connectivity index (χ4v) is 5.36. The van der Waals surface area contributed by atoms with Gasteiger partial charge in [-0.15, -0.1) is 0 Å². The van der Waals surface area contributed by atoms with Crippen LogP contribution >= 0.6 is 0 Å². The van der Waals surface area contributed by atoms with Crippen molar-refractivity contribution in [2.24, 2.45) is 11.8 Å². The number of halogens is 1. The number of likely N-dealkylation sites (tertiary alicyclic amines) is 1. The molecule has 0 aliphatic carbocycles.